The normalized spacial score (nSPS) is 7.91. The molecule has 0 atom stereocenters. The van der Waals surface area contributed by atoms with E-state index in [1.54, 1.807) is 18.2 Å². The first kappa shape index (κ1) is 9.89. The van der Waals surface area contributed by atoms with Crippen molar-refractivity contribution in [3.05, 3.63) is 42.2 Å². The van der Waals surface area contributed by atoms with E-state index in [2.05, 4.69) is 6.58 Å². The van der Waals surface area contributed by atoms with Crippen molar-refractivity contribution in [2.75, 3.05) is 0 Å². The minimum atomic E-state index is -0.215. The molecular weight excluding hydrogens is 139 g/mol. The lowest BCUT2D eigenvalue weighted by Gasteiger charge is -1.89. The fraction of sp³-hybridized carbons (Fsp3) is 0.200. The highest BCUT2D eigenvalue weighted by Crippen LogP contribution is 2.03. The first-order valence-corrected chi connectivity index (χ1v) is 3.71. The van der Waals surface area contributed by atoms with E-state index < -0.39 is 0 Å². The van der Waals surface area contributed by atoms with Crippen LogP contribution in [0.4, 0.5) is 4.39 Å². The molecule has 62 valence electrons. The summed E-state index contributed by atoms with van der Waals surface area (Å²) in [7, 11) is 0. The first-order chi connectivity index (χ1) is 5.33. The molecule has 0 radical (unpaired) electrons. The van der Waals surface area contributed by atoms with Crippen LogP contribution < -0.4 is 0 Å². The fourth-order valence-electron chi connectivity index (χ4n) is 0.634. The maximum atomic E-state index is 12.3. The van der Waals surface area contributed by atoms with Crippen molar-refractivity contribution in [3.63, 3.8) is 0 Å². The molecule has 0 aliphatic rings. The monoisotopic (exact) mass is 154 g/mol. The van der Waals surface area contributed by atoms with Gasteiger partial charge in [-0.15, -0.1) is 0 Å². The molecule has 0 saturated carbocycles. The molecule has 0 saturated heterocycles. The van der Waals surface area contributed by atoms with Crippen molar-refractivity contribution >= 4 is 6.08 Å². The van der Waals surface area contributed by atoms with E-state index >= 15 is 0 Å². The van der Waals surface area contributed by atoms with Crippen LogP contribution in [0.25, 0.3) is 6.08 Å². The van der Waals surface area contributed by atoms with Crippen molar-refractivity contribution in [2.45, 2.75) is 13.8 Å². The number of hydrogen-bond acceptors (Lipinski definition) is 0. The summed E-state index contributed by atoms with van der Waals surface area (Å²) in [5.74, 6) is -0.215. The second-order valence-electron chi connectivity index (χ2n) is 1.76. The highest BCUT2D eigenvalue weighted by Gasteiger charge is 1.86. The van der Waals surface area contributed by atoms with Gasteiger partial charge in [0.1, 0.15) is 5.82 Å². The molecule has 0 aliphatic heterocycles. The van der Waals surface area contributed by atoms with Gasteiger partial charge in [-0.2, -0.15) is 0 Å². The third-order valence-corrected chi connectivity index (χ3v) is 1.08. The summed E-state index contributed by atoms with van der Waals surface area (Å²) in [6.45, 7) is 7.51. The van der Waals surface area contributed by atoms with Crippen LogP contribution in [-0.4, -0.2) is 0 Å². The maximum absolute atomic E-state index is 12.3. The van der Waals surface area contributed by atoms with E-state index in [9.17, 15) is 4.39 Å². The predicted octanol–water partition coefficient (Wildman–Crippen LogP) is 3.74. The standard InChI is InChI=1S/C8H7F.C2H6.H2/c1-2-7-4-3-5-8(9)6-7;1-2;/h2-6H,1H2;1-2H3;1H. The maximum Gasteiger partial charge on any atom is 0.123 e. The van der Waals surface area contributed by atoms with Gasteiger partial charge in [0, 0.05) is 1.43 Å². The van der Waals surface area contributed by atoms with Crippen LogP contribution in [0.2, 0.25) is 0 Å². The SMILES string of the molecule is C=Cc1cccc(F)c1.CC.[HH]. The van der Waals surface area contributed by atoms with E-state index in [0.717, 1.165) is 5.56 Å². The minimum Gasteiger partial charge on any atom is -0.207 e. The van der Waals surface area contributed by atoms with Crippen LogP contribution in [0.15, 0.2) is 30.8 Å². The van der Waals surface area contributed by atoms with Crippen LogP contribution in [0.1, 0.15) is 20.8 Å². The Morgan fingerprint density at radius 2 is 2.09 bits per heavy atom. The van der Waals surface area contributed by atoms with E-state index in [-0.39, 0.29) is 7.24 Å². The van der Waals surface area contributed by atoms with Gasteiger partial charge in [-0.05, 0) is 17.7 Å². The average Bonchev–Trinajstić information content (AvgIpc) is 2.08. The molecule has 1 heteroatoms. The van der Waals surface area contributed by atoms with Crippen molar-refractivity contribution in [2.24, 2.45) is 0 Å². The third-order valence-electron chi connectivity index (χ3n) is 1.08. The van der Waals surface area contributed by atoms with Crippen LogP contribution in [0.3, 0.4) is 0 Å². The zero-order chi connectivity index (χ0) is 8.69. The van der Waals surface area contributed by atoms with E-state index in [1.165, 1.54) is 12.1 Å². The Kier molecular flexibility index (Phi) is 5.09. The summed E-state index contributed by atoms with van der Waals surface area (Å²) in [4.78, 5) is 0. The van der Waals surface area contributed by atoms with Crippen molar-refractivity contribution in [1.29, 1.82) is 0 Å². The molecule has 0 aromatic heterocycles. The first-order valence-electron chi connectivity index (χ1n) is 3.71. The second kappa shape index (κ2) is 5.66. The third kappa shape index (κ3) is 3.56. The van der Waals surface area contributed by atoms with Crippen LogP contribution in [0, 0.1) is 5.82 Å². The predicted molar refractivity (Wildman–Crippen MR) is 50.0 cm³/mol. The molecule has 1 aromatic carbocycles. The lowest BCUT2D eigenvalue weighted by Crippen LogP contribution is -1.73. The van der Waals surface area contributed by atoms with Crippen LogP contribution >= 0.6 is 0 Å². The highest BCUT2D eigenvalue weighted by molar-refractivity contribution is 5.46. The van der Waals surface area contributed by atoms with Gasteiger partial charge in [0.2, 0.25) is 0 Å². The van der Waals surface area contributed by atoms with Crippen molar-refractivity contribution < 1.29 is 5.82 Å². The van der Waals surface area contributed by atoms with Gasteiger partial charge < -0.3 is 0 Å². The number of halogens is 1. The molecule has 0 heterocycles. The van der Waals surface area contributed by atoms with Gasteiger partial charge in [-0.25, -0.2) is 4.39 Å². The molecule has 1 rings (SSSR count). The summed E-state index contributed by atoms with van der Waals surface area (Å²) in [5, 5.41) is 0. The summed E-state index contributed by atoms with van der Waals surface area (Å²) < 4.78 is 12.3. The van der Waals surface area contributed by atoms with Gasteiger partial charge in [-0.1, -0.05) is 38.6 Å². The molecule has 0 unspecified atom stereocenters. The molecular formula is C10H15F. The Balaban J connectivity index is 0. The van der Waals surface area contributed by atoms with Gasteiger partial charge >= 0.3 is 0 Å². The number of hydrogen-bond donors (Lipinski definition) is 0. The van der Waals surface area contributed by atoms with Gasteiger partial charge in [0.25, 0.3) is 0 Å². The molecule has 0 N–H and O–H groups in total. The number of rotatable bonds is 1. The number of benzene rings is 1. The molecule has 0 aliphatic carbocycles. The molecule has 0 fully saturated rings. The summed E-state index contributed by atoms with van der Waals surface area (Å²) in [6, 6.07) is 6.31. The van der Waals surface area contributed by atoms with Gasteiger partial charge in [0.15, 0.2) is 0 Å². The zero-order valence-corrected chi connectivity index (χ0v) is 6.97. The Morgan fingerprint density at radius 3 is 2.45 bits per heavy atom. The smallest absolute Gasteiger partial charge is 0.123 e. The van der Waals surface area contributed by atoms with Crippen LogP contribution in [0.5, 0.6) is 0 Å². The van der Waals surface area contributed by atoms with E-state index in [0.29, 0.717) is 0 Å². The molecule has 11 heavy (non-hydrogen) atoms. The quantitative estimate of drug-likeness (QED) is 0.578. The topological polar surface area (TPSA) is 0 Å². The van der Waals surface area contributed by atoms with Crippen LogP contribution in [-0.2, 0) is 0 Å². The minimum absolute atomic E-state index is 0. The van der Waals surface area contributed by atoms with Crippen molar-refractivity contribution in [1.82, 2.24) is 0 Å². The lowest BCUT2D eigenvalue weighted by molar-refractivity contribution is 0.627. The Morgan fingerprint density at radius 1 is 1.45 bits per heavy atom. The Bertz CT molecular complexity index is 221. The van der Waals surface area contributed by atoms with Crippen molar-refractivity contribution in [3.8, 4) is 0 Å². The summed E-state index contributed by atoms with van der Waals surface area (Å²) >= 11 is 0. The van der Waals surface area contributed by atoms with Gasteiger partial charge in [-0.3, -0.25) is 0 Å². The van der Waals surface area contributed by atoms with E-state index in [4.69, 9.17) is 0 Å². The fourth-order valence-corrected chi connectivity index (χ4v) is 0.634. The molecule has 0 bridgehead atoms. The van der Waals surface area contributed by atoms with Gasteiger partial charge in [0.05, 0.1) is 0 Å². The molecule has 0 nitrogen and oxygen atoms in total. The van der Waals surface area contributed by atoms with E-state index in [1.807, 2.05) is 13.8 Å². The Hall–Kier alpha value is -1.11. The lowest BCUT2D eigenvalue weighted by atomic mass is 10.2. The Labute approximate surface area is 68.9 Å². The largest absolute Gasteiger partial charge is 0.207 e. The molecule has 0 amide bonds. The summed E-state index contributed by atoms with van der Waals surface area (Å²) in [5.41, 5.74) is 0.815. The average molecular weight is 154 g/mol. The second-order valence-corrected chi connectivity index (χ2v) is 1.76. The molecule has 1 aromatic rings. The zero-order valence-electron chi connectivity index (χ0n) is 6.97. The highest BCUT2D eigenvalue weighted by atomic mass is 19.1. The summed E-state index contributed by atoms with van der Waals surface area (Å²) in [6.07, 6.45) is 1.61. The molecule has 0 spiro atoms.